The summed E-state index contributed by atoms with van der Waals surface area (Å²) in [5.41, 5.74) is 1.88. The Morgan fingerprint density at radius 3 is 2.51 bits per heavy atom. The van der Waals surface area contributed by atoms with Crippen molar-refractivity contribution in [3.05, 3.63) is 90.6 Å². The van der Waals surface area contributed by atoms with Crippen LogP contribution in [0.25, 0.3) is 6.08 Å². The van der Waals surface area contributed by atoms with Gasteiger partial charge in [0, 0.05) is 12.5 Å². The van der Waals surface area contributed by atoms with Gasteiger partial charge in [0.15, 0.2) is 4.80 Å². The van der Waals surface area contributed by atoms with Crippen LogP contribution in [0.5, 0.6) is 11.5 Å². The third kappa shape index (κ3) is 4.81. The Bertz CT molecular complexity index is 1500. The second-order valence-corrected chi connectivity index (χ2v) is 8.72. The Labute approximate surface area is 205 Å². The largest absolute Gasteiger partial charge is 0.496 e. The van der Waals surface area contributed by atoms with Gasteiger partial charge in [-0.25, -0.2) is 9.79 Å². The molecule has 0 bridgehead atoms. The second-order valence-electron chi connectivity index (χ2n) is 7.71. The molecule has 1 atom stereocenters. The summed E-state index contributed by atoms with van der Waals surface area (Å²) in [7, 11) is 1.57. The molecule has 0 saturated carbocycles. The molecule has 2 heterocycles. The van der Waals surface area contributed by atoms with Crippen LogP contribution in [0.2, 0.25) is 0 Å². The number of thiazole rings is 1. The molecule has 1 aliphatic rings. The molecule has 0 aliphatic carbocycles. The van der Waals surface area contributed by atoms with Crippen molar-refractivity contribution in [2.24, 2.45) is 4.99 Å². The predicted molar refractivity (Wildman–Crippen MR) is 131 cm³/mol. The Morgan fingerprint density at radius 2 is 1.86 bits per heavy atom. The number of rotatable bonds is 6. The molecule has 0 amide bonds. The lowest BCUT2D eigenvalue weighted by atomic mass is 9.96. The van der Waals surface area contributed by atoms with E-state index in [2.05, 4.69) is 4.99 Å². The maximum atomic E-state index is 13.6. The number of ether oxygens (including phenoxy) is 3. The summed E-state index contributed by atoms with van der Waals surface area (Å²) in [5, 5.41) is 0. The minimum absolute atomic E-state index is 0.186. The van der Waals surface area contributed by atoms with E-state index in [4.69, 9.17) is 14.2 Å². The smallest absolute Gasteiger partial charge is 0.338 e. The summed E-state index contributed by atoms with van der Waals surface area (Å²) in [5.74, 6) is 0.0226. The first-order valence-electron chi connectivity index (χ1n) is 10.9. The van der Waals surface area contributed by atoms with Gasteiger partial charge in [-0.05, 0) is 43.7 Å². The molecule has 0 N–H and O–H groups in total. The van der Waals surface area contributed by atoms with Crippen molar-refractivity contribution in [1.82, 2.24) is 4.57 Å². The van der Waals surface area contributed by atoms with Gasteiger partial charge in [0.2, 0.25) is 0 Å². The fraction of sp³-hybridized carbons (Fsp3) is 0.231. The molecule has 180 valence electrons. The van der Waals surface area contributed by atoms with Crippen LogP contribution in [0, 0.1) is 0 Å². The molecule has 0 fully saturated rings. The summed E-state index contributed by atoms with van der Waals surface area (Å²) in [6.07, 6.45) is 1.76. The van der Waals surface area contributed by atoms with Crippen molar-refractivity contribution in [1.29, 1.82) is 0 Å². The zero-order valence-corrected chi connectivity index (χ0v) is 20.5. The number of nitrogens with zero attached hydrogens (tertiary/aromatic N) is 2. The van der Waals surface area contributed by atoms with Crippen LogP contribution in [0.3, 0.4) is 0 Å². The van der Waals surface area contributed by atoms with Crippen molar-refractivity contribution in [3.63, 3.8) is 0 Å². The highest BCUT2D eigenvalue weighted by Gasteiger charge is 2.33. The molecular formula is C26H24N2O6S. The van der Waals surface area contributed by atoms with Crippen molar-refractivity contribution in [2.75, 3.05) is 13.7 Å². The second kappa shape index (κ2) is 10.1. The summed E-state index contributed by atoms with van der Waals surface area (Å²) < 4.78 is 17.8. The fourth-order valence-electron chi connectivity index (χ4n) is 3.92. The third-order valence-electron chi connectivity index (χ3n) is 5.40. The van der Waals surface area contributed by atoms with E-state index in [1.54, 1.807) is 51.3 Å². The molecule has 8 nitrogen and oxygen atoms in total. The minimum atomic E-state index is -0.753. The normalized spacial score (nSPS) is 15.3. The summed E-state index contributed by atoms with van der Waals surface area (Å²) >= 11 is 1.23. The van der Waals surface area contributed by atoms with Crippen LogP contribution in [-0.2, 0) is 14.3 Å². The number of para-hydroxylation sites is 1. The number of carbonyl (C=O) groups excluding carboxylic acids is 2. The van der Waals surface area contributed by atoms with Crippen molar-refractivity contribution in [3.8, 4) is 11.5 Å². The van der Waals surface area contributed by atoms with E-state index in [-0.39, 0.29) is 17.7 Å². The zero-order chi connectivity index (χ0) is 25.1. The Balaban J connectivity index is 1.92. The maximum absolute atomic E-state index is 13.6. The van der Waals surface area contributed by atoms with Gasteiger partial charge in [0.1, 0.15) is 11.5 Å². The first kappa shape index (κ1) is 24.2. The fourth-order valence-corrected chi connectivity index (χ4v) is 4.96. The van der Waals surface area contributed by atoms with E-state index in [1.807, 2.05) is 24.3 Å². The van der Waals surface area contributed by atoms with Crippen LogP contribution in [-0.4, -0.2) is 30.2 Å². The van der Waals surface area contributed by atoms with Crippen molar-refractivity contribution < 1.29 is 23.8 Å². The van der Waals surface area contributed by atoms with Crippen molar-refractivity contribution in [2.45, 2.75) is 26.8 Å². The number of carbonyl (C=O) groups is 2. The topological polar surface area (TPSA) is 96.2 Å². The SMILES string of the molecule is CCOC(=O)C1=C(C)N=c2s/c(=C\c3ccccc3OC)c(=O)n2[C@@H]1c1ccc(OC(C)=O)cc1. The minimum Gasteiger partial charge on any atom is -0.496 e. The Kier molecular flexibility index (Phi) is 6.97. The molecule has 0 spiro atoms. The Hall–Kier alpha value is -3.98. The highest BCUT2D eigenvalue weighted by atomic mass is 32.1. The van der Waals surface area contributed by atoms with Crippen molar-refractivity contribution >= 4 is 29.4 Å². The van der Waals surface area contributed by atoms with E-state index in [0.29, 0.717) is 32.1 Å². The average molecular weight is 493 g/mol. The standard InChI is InChI=1S/C26H24N2O6S/c1-5-33-25(31)22-15(2)27-26-28(23(22)17-10-12-19(13-11-17)34-16(3)29)24(30)21(35-26)14-18-8-6-7-9-20(18)32-4/h6-14,23H,5H2,1-4H3/b21-14-/t23-/m1/s1. The molecule has 1 aliphatic heterocycles. The van der Waals surface area contributed by atoms with Gasteiger partial charge in [0.05, 0.1) is 35.6 Å². The number of methoxy groups -OCH3 is 1. The van der Waals surface area contributed by atoms with E-state index in [9.17, 15) is 14.4 Å². The van der Waals surface area contributed by atoms with E-state index < -0.39 is 18.0 Å². The molecule has 0 radical (unpaired) electrons. The highest BCUT2D eigenvalue weighted by molar-refractivity contribution is 7.07. The quantitative estimate of drug-likeness (QED) is 0.388. The molecule has 0 saturated heterocycles. The number of hydrogen-bond donors (Lipinski definition) is 0. The molecule has 1 aromatic heterocycles. The molecule has 3 aromatic rings. The van der Waals surface area contributed by atoms with Crippen LogP contribution in [0.4, 0.5) is 0 Å². The summed E-state index contributed by atoms with van der Waals surface area (Å²) in [4.78, 5) is 42.9. The number of esters is 2. The maximum Gasteiger partial charge on any atom is 0.338 e. The first-order valence-corrected chi connectivity index (χ1v) is 11.8. The first-order chi connectivity index (χ1) is 16.8. The van der Waals surface area contributed by atoms with Crippen LogP contribution in [0.1, 0.15) is 37.9 Å². The summed E-state index contributed by atoms with van der Waals surface area (Å²) in [6.45, 7) is 4.95. The lowest BCUT2D eigenvalue weighted by Gasteiger charge is -2.24. The van der Waals surface area contributed by atoms with E-state index in [1.165, 1.54) is 22.8 Å². The number of aromatic nitrogens is 1. The average Bonchev–Trinajstić information content (AvgIpc) is 3.13. The van der Waals surface area contributed by atoms with Gasteiger partial charge in [-0.2, -0.15) is 0 Å². The van der Waals surface area contributed by atoms with Crippen LogP contribution in [0.15, 0.2) is 69.6 Å². The lowest BCUT2D eigenvalue weighted by molar-refractivity contribution is -0.139. The number of hydrogen-bond acceptors (Lipinski definition) is 8. The zero-order valence-electron chi connectivity index (χ0n) is 19.7. The molecule has 0 unspecified atom stereocenters. The highest BCUT2D eigenvalue weighted by Crippen LogP contribution is 2.31. The number of fused-ring (bicyclic) bond motifs is 1. The van der Waals surface area contributed by atoms with Gasteiger partial charge in [-0.1, -0.05) is 41.7 Å². The van der Waals surface area contributed by atoms with E-state index >= 15 is 0 Å². The predicted octanol–water partition coefficient (Wildman–Crippen LogP) is 2.73. The Morgan fingerprint density at radius 1 is 1.14 bits per heavy atom. The molecule has 35 heavy (non-hydrogen) atoms. The van der Waals surface area contributed by atoms with E-state index in [0.717, 1.165) is 5.56 Å². The molecule has 4 rings (SSSR count). The molecule has 9 heteroatoms. The van der Waals surface area contributed by atoms with Gasteiger partial charge < -0.3 is 14.2 Å². The molecule has 2 aromatic carbocycles. The number of benzene rings is 2. The molecular weight excluding hydrogens is 468 g/mol. The van der Waals surface area contributed by atoms with Crippen LogP contribution < -0.4 is 24.4 Å². The van der Waals surface area contributed by atoms with Gasteiger partial charge in [-0.3, -0.25) is 14.2 Å². The monoisotopic (exact) mass is 492 g/mol. The third-order valence-corrected chi connectivity index (χ3v) is 6.38. The van der Waals surface area contributed by atoms with Gasteiger partial charge in [0.25, 0.3) is 5.56 Å². The summed E-state index contributed by atoms with van der Waals surface area (Å²) in [6, 6.07) is 13.3. The number of allylic oxidation sites excluding steroid dienone is 1. The van der Waals surface area contributed by atoms with Gasteiger partial charge >= 0.3 is 11.9 Å². The lowest BCUT2D eigenvalue weighted by Crippen LogP contribution is -2.39. The van der Waals surface area contributed by atoms with Gasteiger partial charge in [-0.15, -0.1) is 0 Å². The van der Waals surface area contributed by atoms with Crippen LogP contribution >= 0.6 is 11.3 Å².